The Morgan fingerprint density at radius 3 is 2.76 bits per heavy atom. The van der Waals surface area contributed by atoms with Crippen molar-refractivity contribution >= 4 is 28.4 Å². The van der Waals surface area contributed by atoms with Crippen molar-refractivity contribution in [2.75, 3.05) is 10.6 Å². The molecule has 1 fully saturated rings. The van der Waals surface area contributed by atoms with E-state index in [-0.39, 0.29) is 24.0 Å². The second-order valence-corrected chi connectivity index (χ2v) is 7.83. The van der Waals surface area contributed by atoms with Crippen molar-refractivity contribution in [2.24, 2.45) is 5.92 Å². The summed E-state index contributed by atoms with van der Waals surface area (Å²) >= 11 is 0. The number of benzene rings is 1. The van der Waals surface area contributed by atoms with Crippen LogP contribution in [0.4, 0.5) is 11.6 Å². The molecule has 29 heavy (non-hydrogen) atoms. The van der Waals surface area contributed by atoms with Gasteiger partial charge in [-0.3, -0.25) is 4.79 Å². The first-order valence-corrected chi connectivity index (χ1v) is 10.1. The van der Waals surface area contributed by atoms with Crippen molar-refractivity contribution < 1.29 is 9.90 Å². The third-order valence-electron chi connectivity index (χ3n) is 5.28. The van der Waals surface area contributed by atoms with Crippen LogP contribution in [0.3, 0.4) is 0 Å². The van der Waals surface area contributed by atoms with Crippen LogP contribution < -0.4 is 10.6 Å². The van der Waals surface area contributed by atoms with E-state index in [4.69, 9.17) is 0 Å². The molecule has 2 aromatic heterocycles. The van der Waals surface area contributed by atoms with Gasteiger partial charge in [0, 0.05) is 29.6 Å². The molecule has 0 bridgehead atoms. The highest BCUT2D eigenvalue weighted by atomic mass is 16.3. The molecule has 1 amide bonds. The van der Waals surface area contributed by atoms with Gasteiger partial charge >= 0.3 is 0 Å². The van der Waals surface area contributed by atoms with Gasteiger partial charge in [-0.05, 0) is 37.8 Å². The van der Waals surface area contributed by atoms with Gasteiger partial charge in [0.2, 0.25) is 11.9 Å². The second-order valence-electron chi connectivity index (χ2n) is 7.83. The number of carbonyl (C=O) groups is 1. The van der Waals surface area contributed by atoms with E-state index in [0.717, 1.165) is 42.3 Å². The van der Waals surface area contributed by atoms with Crippen LogP contribution >= 0.6 is 0 Å². The van der Waals surface area contributed by atoms with Gasteiger partial charge in [0.05, 0.1) is 23.5 Å². The summed E-state index contributed by atoms with van der Waals surface area (Å²) in [7, 11) is 0. The maximum absolute atomic E-state index is 12.1. The minimum atomic E-state index is -0.193. The molecular formula is C21H26N6O2. The normalized spacial score (nSPS) is 19.4. The Kier molecular flexibility index (Phi) is 5.44. The Labute approximate surface area is 169 Å². The lowest BCUT2D eigenvalue weighted by Gasteiger charge is -2.26. The molecule has 8 heteroatoms. The van der Waals surface area contributed by atoms with E-state index in [0.29, 0.717) is 11.8 Å². The van der Waals surface area contributed by atoms with Crippen molar-refractivity contribution in [1.29, 1.82) is 0 Å². The number of fused-ring (bicyclic) bond motifs is 1. The van der Waals surface area contributed by atoms with Crippen molar-refractivity contribution in [2.45, 2.75) is 51.7 Å². The Morgan fingerprint density at radius 1 is 1.21 bits per heavy atom. The standard InChI is InChI=1S/C21H26N6O2/c1-13(2)20(29)25-17-4-3-5-18-16(17)12-23-27(18)19-10-11-22-21(26-19)24-14-6-8-15(28)9-7-14/h3-5,10-15,28H,6-9H2,1-2H3,(H,25,29)(H,22,24,26). The molecule has 0 unspecified atom stereocenters. The number of rotatable bonds is 5. The summed E-state index contributed by atoms with van der Waals surface area (Å²) in [5.41, 5.74) is 1.60. The highest BCUT2D eigenvalue weighted by Crippen LogP contribution is 2.26. The van der Waals surface area contributed by atoms with E-state index in [1.54, 1.807) is 17.1 Å². The number of aliphatic hydroxyl groups is 1. The van der Waals surface area contributed by atoms with Gasteiger partial charge < -0.3 is 15.7 Å². The molecule has 1 aliphatic rings. The van der Waals surface area contributed by atoms with E-state index in [1.807, 2.05) is 38.1 Å². The number of hydrogen-bond acceptors (Lipinski definition) is 6. The lowest BCUT2D eigenvalue weighted by molar-refractivity contribution is -0.118. The molecule has 1 aliphatic carbocycles. The van der Waals surface area contributed by atoms with E-state index in [2.05, 4.69) is 25.7 Å². The fourth-order valence-electron chi connectivity index (χ4n) is 3.56. The molecule has 4 rings (SSSR count). The molecule has 0 saturated heterocycles. The Hall–Kier alpha value is -3.00. The van der Waals surface area contributed by atoms with Crippen molar-refractivity contribution in [1.82, 2.24) is 19.7 Å². The Balaban J connectivity index is 1.59. The highest BCUT2D eigenvalue weighted by molar-refractivity contribution is 6.01. The second kappa shape index (κ2) is 8.16. The Morgan fingerprint density at radius 2 is 2.00 bits per heavy atom. The van der Waals surface area contributed by atoms with Gasteiger partial charge in [0.15, 0.2) is 5.82 Å². The quantitative estimate of drug-likeness (QED) is 0.614. The summed E-state index contributed by atoms with van der Waals surface area (Å²) in [5, 5.41) is 21.4. The maximum Gasteiger partial charge on any atom is 0.226 e. The van der Waals surface area contributed by atoms with Crippen molar-refractivity contribution in [3.05, 3.63) is 36.7 Å². The summed E-state index contributed by atoms with van der Waals surface area (Å²) in [6.07, 6.45) is 6.65. The van der Waals surface area contributed by atoms with E-state index < -0.39 is 0 Å². The number of nitrogens with one attached hydrogen (secondary N) is 2. The van der Waals surface area contributed by atoms with Crippen LogP contribution in [0.25, 0.3) is 16.7 Å². The van der Waals surface area contributed by atoms with Crippen LogP contribution in [0.15, 0.2) is 36.7 Å². The average molecular weight is 394 g/mol. The zero-order chi connectivity index (χ0) is 20.4. The summed E-state index contributed by atoms with van der Waals surface area (Å²) in [4.78, 5) is 21.1. The molecule has 0 aliphatic heterocycles. The maximum atomic E-state index is 12.1. The minimum absolute atomic E-state index is 0.0311. The number of aliphatic hydroxyl groups excluding tert-OH is 1. The average Bonchev–Trinajstić information content (AvgIpc) is 3.15. The van der Waals surface area contributed by atoms with Crippen LogP contribution in [0.1, 0.15) is 39.5 Å². The van der Waals surface area contributed by atoms with E-state index >= 15 is 0 Å². The lowest BCUT2D eigenvalue weighted by Crippen LogP contribution is -2.29. The molecule has 8 nitrogen and oxygen atoms in total. The fourth-order valence-corrected chi connectivity index (χ4v) is 3.56. The van der Waals surface area contributed by atoms with Gasteiger partial charge in [-0.25, -0.2) is 9.67 Å². The minimum Gasteiger partial charge on any atom is -0.393 e. The number of carbonyl (C=O) groups excluding carboxylic acids is 1. The van der Waals surface area contributed by atoms with Crippen LogP contribution in [0.2, 0.25) is 0 Å². The molecule has 3 aromatic rings. The first-order valence-electron chi connectivity index (χ1n) is 10.1. The van der Waals surface area contributed by atoms with Crippen molar-refractivity contribution in [3.8, 4) is 5.82 Å². The van der Waals surface area contributed by atoms with Crippen LogP contribution in [-0.2, 0) is 4.79 Å². The number of aromatic nitrogens is 4. The summed E-state index contributed by atoms with van der Waals surface area (Å²) in [5.74, 6) is 1.07. The molecule has 0 spiro atoms. The lowest BCUT2D eigenvalue weighted by atomic mass is 9.93. The van der Waals surface area contributed by atoms with Crippen LogP contribution in [0, 0.1) is 5.92 Å². The zero-order valence-electron chi connectivity index (χ0n) is 16.7. The van der Waals surface area contributed by atoms with Crippen LogP contribution in [-0.4, -0.2) is 42.9 Å². The smallest absolute Gasteiger partial charge is 0.226 e. The van der Waals surface area contributed by atoms with Gasteiger partial charge in [-0.15, -0.1) is 0 Å². The summed E-state index contributed by atoms with van der Waals surface area (Å²) in [6, 6.07) is 7.79. The highest BCUT2D eigenvalue weighted by Gasteiger charge is 2.20. The summed E-state index contributed by atoms with van der Waals surface area (Å²) < 4.78 is 1.75. The molecular weight excluding hydrogens is 368 g/mol. The first-order chi connectivity index (χ1) is 14.0. The number of amides is 1. The molecule has 0 radical (unpaired) electrons. The van der Waals surface area contributed by atoms with E-state index in [9.17, 15) is 9.90 Å². The number of hydrogen-bond donors (Lipinski definition) is 3. The van der Waals surface area contributed by atoms with Gasteiger partial charge in [0.25, 0.3) is 0 Å². The van der Waals surface area contributed by atoms with Gasteiger partial charge in [-0.1, -0.05) is 19.9 Å². The van der Waals surface area contributed by atoms with Crippen LogP contribution in [0.5, 0.6) is 0 Å². The fraction of sp³-hybridized carbons (Fsp3) is 0.429. The molecule has 2 heterocycles. The third kappa shape index (κ3) is 4.22. The SMILES string of the molecule is CC(C)C(=O)Nc1cccc2c1cnn2-c1ccnc(NC2CCC(O)CC2)n1. The van der Waals surface area contributed by atoms with Crippen molar-refractivity contribution in [3.63, 3.8) is 0 Å². The van der Waals surface area contributed by atoms with Gasteiger partial charge in [-0.2, -0.15) is 10.1 Å². The molecule has 0 atom stereocenters. The largest absolute Gasteiger partial charge is 0.393 e. The summed E-state index contributed by atoms with van der Waals surface area (Å²) in [6.45, 7) is 3.72. The van der Waals surface area contributed by atoms with E-state index in [1.165, 1.54) is 0 Å². The molecule has 3 N–H and O–H groups in total. The topological polar surface area (TPSA) is 105 Å². The molecule has 1 saturated carbocycles. The molecule has 1 aromatic carbocycles. The zero-order valence-corrected chi connectivity index (χ0v) is 16.7. The monoisotopic (exact) mass is 394 g/mol. The number of nitrogens with zero attached hydrogens (tertiary/aromatic N) is 4. The third-order valence-corrected chi connectivity index (χ3v) is 5.28. The molecule has 152 valence electrons. The predicted molar refractivity (Wildman–Crippen MR) is 112 cm³/mol. The first kappa shape index (κ1) is 19.3. The Bertz CT molecular complexity index is 1010. The van der Waals surface area contributed by atoms with Gasteiger partial charge in [0.1, 0.15) is 0 Å². The number of anilines is 2. The predicted octanol–water partition coefficient (Wildman–Crippen LogP) is 3.13.